The Morgan fingerprint density at radius 1 is 1.06 bits per heavy atom. The summed E-state index contributed by atoms with van der Waals surface area (Å²) in [6.07, 6.45) is 1.53. The lowest BCUT2D eigenvalue weighted by Crippen LogP contribution is -2.36. The zero-order valence-corrected chi connectivity index (χ0v) is 18.8. The van der Waals surface area contributed by atoms with Gasteiger partial charge in [-0.05, 0) is 54.6 Å². The van der Waals surface area contributed by atoms with Crippen LogP contribution < -0.4 is 14.8 Å². The van der Waals surface area contributed by atoms with Crippen molar-refractivity contribution in [2.75, 3.05) is 32.2 Å². The number of para-hydroxylation sites is 1. The van der Waals surface area contributed by atoms with Gasteiger partial charge in [-0.15, -0.1) is 0 Å². The zero-order valence-electron chi connectivity index (χ0n) is 18.0. The van der Waals surface area contributed by atoms with Gasteiger partial charge < -0.3 is 19.5 Å². The van der Waals surface area contributed by atoms with E-state index in [1.54, 1.807) is 49.4 Å². The van der Waals surface area contributed by atoms with Crippen LogP contribution in [-0.4, -0.2) is 54.8 Å². The molecule has 1 fully saturated rings. The first-order valence-electron chi connectivity index (χ1n) is 9.98. The molecule has 0 aromatic heterocycles. The maximum Gasteiger partial charge on any atom is 0.343 e. The molecule has 0 radical (unpaired) electrons. The van der Waals surface area contributed by atoms with Crippen molar-refractivity contribution in [3.8, 4) is 11.5 Å². The largest absolute Gasteiger partial charge is 0.490 e. The van der Waals surface area contributed by atoms with Gasteiger partial charge in [-0.2, -0.15) is 0 Å². The Morgan fingerprint density at radius 3 is 2.52 bits per heavy atom. The maximum absolute atomic E-state index is 12.7. The number of imide groups is 1. The number of ether oxygens (including phenoxy) is 3. The van der Waals surface area contributed by atoms with Gasteiger partial charge in [0.05, 0.1) is 18.6 Å². The number of nitrogens with zero attached hydrogens (tertiary/aromatic N) is 1. The van der Waals surface area contributed by atoms with E-state index < -0.39 is 23.0 Å². The predicted octanol–water partition coefficient (Wildman–Crippen LogP) is 3.31. The van der Waals surface area contributed by atoms with Gasteiger partial charge in [0.1, 0.15) is 6.54 Å². The highest BCUT2D eigenvalue weighted by molar-refractivity contribution is 8.18. The molecule has 33 heavy (non-hydrogen) atoms. The van der Waals surface area contributed by atoms with Crippen molar-refractivity contribution in [2.24, 2.45) is 0 Å². The minimum atomic E-state index is -0.558. The molecule has 1 heterocycles. The number of carbonyl (C=O) groups excluding carboxylic acids is 4. The van der Waals surface area contributed by atoms with Crippen LogP contribution in [0.4, 0.5) is 10.5 Å². The summed E-state index contributed by atoms with van der Waals surface area (Å²) in [7, 11) is 1.26. The smallest absolute Gasteiger partial charge is 0.343 e. The third-order valence-electron chi connectivity index (χ3n) is 4.37. The fourth-order valence-electron chi connectivity index (χ4n) is 2.85. The van der Waals surface area contributed by atoms with Crippen molar-refractivity contribution in [3.63, 3.8) is 0 Å². The Morgan fingerprint density at radius 2 is 1.82 bits per heavy atom. The van der Waals surface area contributed by atoms with Crippen molar-refractivity contribution in [1.29, 1.82) is 0 Å². The van der Waals surface area contributed by atoms with Gasteiger partial charge in [0.15, 0.2) is 18.1 Å². The standard InChI is InChI=1S/C23H22N2O7S/c1-3-31-18-11-15(9-10-17(18)32-14-21(27)30-2)12-19-22(28)25(23(29)33-19)13-20(26)24-16-7-5-4-6-8-16/h4-12H,3,13-14H2,1-2H3,(H,24,26)/b19-12-. The molecule has 0 bridgehead atoms. The number of hydrogen-bond donors (Lipinski definition) is 1. The summed E-state index contributed by atoms with van der Waals surface area (Å²) in [6.45, 7) is 1.48. The van der Waals surface area contributed by atoms with Crippen LogP contribution in [0.25, 0.3) is 6.08 Å². The third kappa shape index (κ3) is 6.36. The lowest BCUT2D eigenvalue weighted by molar-refractivity contribution is -0.143. The topological polar surface area (TPSA) is 111 Å². The molecule has 1 aliphatic rings. The van der Waals surface area contributed by atoms with E-state index in [1.807, 2.05) is 6.07 Å². The molecule has 0 unspecified atom stereocenters. The van der Waals surface area contributed by atoms with Crippen molar-refractivity contribution < 1.29 is 33.4 Å². The van der Waals surface area contributed by atoms with Crippen molar-refractivity contribution >= 4 is 46.5 Å². The zero-order chi connectivity index (χ0) is 23.8. The van der Waals surface area contributed by atoms with Crippen LogP contribution in [0.5, 0.6) is 11.5 Å². The van der Waals surface area contributed by atoms with Crippen LogP contribution in [0.15, 0.2) is 53.4 Å². The first-order chi connectivity index (χ1) is 15.9. The molecule has 172 valence electrons. The van der Waals surface area contributed by atoms with Crippen molar-refractivity contribution in [2.45, 2.75) is 6.92 Å². The summed E-state index contributed by atoms with van der Waals surface area (Å²) in [5, 5.41) is 2.12. The highest BCUT2D eigenvalue weighted by Gasteiger charge is 2.36. The molecule has 10 heteroatoms. The van der Waals surface area contributed by atoms with Gasteiger partial charge in [-0.1, -0.05) is 24.3 Å². The first-order valence-corrected chi connectivity index (χ1v) is 10.8. The molecule has 0 aliphatic carbocycles. The van der Waals surface area contributed by atoms with E-state index in [0.29, 0.717) is 29.4 Å². The normalized spacial score (nSPS) is 14.4. The van der Waals surface area contributed by atoms with E-state index >= 15 is 0 Å². The molecule has 1 saturated heterocycles. The van der Waals surface area contributed by atoms with Crippen LogP contribution in [0, 0.1) is 0 Å². The number of amides is 3. The highest BCUT2D eigenvalue weighted by Crippen LogP contribution is 2.34. The summed E-state index contributed by atoms with van der Waals surface area (Å²) < 4.78 is 15.5. The number of methoxy groups -OCH3 is 1. The fraction of sp³-hybridized carbons (Fsp3) is 0.217. The lowest BCUT2D eigenvalue weighted by Gasteiger charge is -2.13. The van der Waals surface area contributed by atoms with Crippen LogP contribution in [0.3, 0.4) is 0 Å². The minimum Gasteiger partial charge on any atom is -0.490 e. The molecule has 2 aromatic carbocycles. The second kappa shape index (κ2) is 11.2. The SMILES string of the molecule is CCOc1cc(/C=C2\SC(=O)N(CC(=O)Nc3ccccc3)C2=O)ccc1OCC(=O)OC. The van der Waals surface area contributed by atoms with Crippen molar-refractivity contribution in [1.82, 2.24) is 4.90 Å². The number of thioether (sulfide) groups is 1. The number of nitrogens with one attached hydrogen (secondary N) is 1. The molecule has 2 aromatic rings. The number of esters is 1. The van der Waals surface area contributed by atoms with Crippen LogP contribution >= 0.6 is 11.8 Å². The summed E-state index contributed by atoms with van der Waals surface area (Å²) >= 11 is 0.751. The maximum atomic E-state index is 12.7. The second-order valence-corrected chi connectivity index (χ2v) is 7.68. The Kier molecular flexibility index (Phi) is 8.09. The first kappa shape index (κ1) is 23.9. The third-order valence-corrected chi connectivity index (χ3v) is 5.28. The molecule has 0 saturated carbocycles. The molecular formula is C23H22N2O7S. The van der Waals surface area contributed by atoms with E-state index in [-0.39, 0.29) is 18.1 Å². The van der Waals surface area contributed by atoms with Gasteiger partial charge in [-0.25, -0.2) is 4.79 Å². The number of benzene rings is 2. The molecule has 1 N–H and O–H groups in total. The van der Waals surface area contributed by atoms with E-state index in [1.165, 1.54) is 13.2 Å². The Bertz CT molecular complexity index is 1090. The fourth-order valence-corrected chi connectivity index (χ4v) is 3.69. The van der Waals surface area contributed by atoms with Gasteiger partial charge in [0.25, 0.3) is 11.1 Å². The Hall–Kier alpha value is -3.79. The van der Waals surface area contributed by atoms with Crippen molar-refractivity contribution in [3.05, 3.63) is 59.0 Å². The van der Waals surface area contributed by atoms with Crippen LogP contribution in [-0.2, 0) is 19.1 Å². The average Bonchev–Trinajstić information content (AvgIpc) is 3.06. The van der Waals surface area contributed by atoms with Gasteiger partial charge in [0.2, 0.25) is 5.91 Å². The monoisotopic (exact) mass is 470 g/mol. The van der Waals surface area contributed by atoms with Gasteiger partial charge in [-0.3, -0.25) is 19.3 Å². The molecule has 9 nitrogen and oxygen atoms in total. The van der Waals surface area contributed by atoms with Crippen LogP contribution in [0.2, 0.25) is 0 Å². The molecular weight excluding hydrogens is 448 g/mol. The van der Waals surface area contributed by atoms with E-state index in [0.717, 1.165) is 16.7 Å². The quantitative estimate of drug-likeness (QED) is 0.439. The Labute approximate surface area is 194 Å². The Balaban J connectivity index is 1.71. The predicted molar refractivity (Wildman–Crippen MR) is 123 cm³/mol. The summed E-state index contributed by atoms with van der Waals surface area (Å²) in [6, 6.07) is 13.6. The van der Waals surface area contributed by atoms with Gasteiger partial charge in [0, 0.05) is 5.69 Å². The van der Waals surface area contributed by atoms with Gasteiger partial charge >= 0.3 is 5.97 Å². The molecule has 3 rings (SSSR count). The molecule has 3 amide bonds. The summed E-state index contributed by atoms with van der Waals surface area (Å²) in [4.78, 5) is 49.7. The second-order valence-electron chi connectivity index (χ2n) is 6.69. The molecule has 1 aliphatic heterocycles. The average molecular weight is 471 g/mol. The van der Waals surface area contributed by atoms with E-state index in [9.17, 15) is 19.2 Å². The minimum absolute atomic E-state index is 0.179. The number of carbonyl (C=O) groups is 4. The number of rotatable bonds is 9. The lowest BCUT2D eigenvalue weighted by atomic mass is 10.2. The van der Waals surface area contributed by atoms with E-state index in [4.69, 9.17) is 9.47 Å². The number of anilines is 1. The summed E-state index contributed by atoms with van der Waals surface area (Å²) in [5.41, 5.74) is 1.16. The van der Waals surface area contributed by atoms with E-state index in [2.05, 4.69) is 10.1 Å². The highest BCUT2D eigenvalue weighted by atomic mass is 32.2. The van der Waals surface area contributed by atoms with Crippen LogP contribution in [0.1, 0.15) is 12.5 Å². The summed E-state index contributed by atoms with van der Waals surface area (Å²) in [5.74, 6) is -0.860. The number of hydrogen-bond acceptors (Lipinski definition) is 8. The molecule has 0 spiro atoms. The molecule has 0 atom stereocenters.